The van der Waals surface area contributed by atoms with E-state index in [-0.39, 0.29) is 23.7 Å². The highest BCUT2D eigenvalue weighted by atomic mass is 16.3. The Balaban J connectivity index is 1.91. The first kappa shape index (κ1) is 14.8. The fourth-order valence-corrected chi connectivity index (χ4v) is 2.76. The summed E-state index contributed by atoms with van der Waals surface area (Å²) in [6.07, 6.45) is 0.823. The minimum atomic E-state index is -0.785. The number of hydrogen-bond acceptors (Lipinski definition) is 5. The van der Waals surface area contributed by atoms with Crippen molar-refractivity contribution in [3.8, 4) is 0 Å². The Labute approximate surface area is 118 Å². The number of H-pyrrole nitrogens is 1. The van der Waals surface area contributed by atoms with Crippen LogP contribution in [0.25, 0.3) is 0 Å². The molecule has 0 aliphatic carbocycles. The number of aromatic nitrogens is 3. The molecule has 0 bridgehead atoms. The van der Waals surface area contributed by atoms with Gasteiger partial charge in [0.25, 0.3) is 0 Å². The number of nitrogen functional groups attached to an aromatic ring is 1. The number of nitrogens with zero attached hydrogens (tertiary/aromatic N) is 3. The maximum absolute atomic E-state index is 12.2. The highest BCUT2D eigenvalue weighted by molar-refractivity contribution is 5.76. The first-order valence-corrected chi connectivity index (χ1v) is 7.00. The predicted molar refractivity (Wildman–Crippen MR) is 74.6 cm³/mol. The molecule has 1 aliphatic heterocycles. The van der Waals surface area contributed by atoms with Gasteiger partial charge in [-0.05, 0) is 5.92 Å². The number of aromatic amines is 1. The second-order valence-electron chi connectivity index (χ2n) is 5.96. The van der Waals surface area contributed by atoms with Crippen molar-refractivity contribution in [1.82, 2.24) is 20.1 Å². The lowest BCUT2D eigenvalue weighted by Crippen LogP contribution is -2.43. The van der Waals surface area contributed by atoms with Crippen molar-refractivity contribution in [3.05, 3.63) is 5.82 Å². The first-order valence-electron chi connectivity index (χ1n) is 7.00. The largest absolute Gasteiger partial charge is 0.387 e. The molecule has 0 aromatic carbocycles. The highest BCUT2D eigenvalue weighted by Crippen LogP contribution is 2.34. The average molecular weight is 281 g/mol. The number of carbonyl (C=O) groups is 1. The van der Waals surface area contributed by atoms with Crippen molar-refractivity contribution < 1.29 is 9.90 Å². The van der Waals surface area contributed by atoms with Gasteiger partial charge in [-0.1, -0.05) is 20.8 Å². The van der Waals surface area contributed by atoms with Gasteiger partial charge in [0.2, 0.25) is 11.9 Å². The quantitative estimate of drug-likeness (QED) is 0.730. The minimum Gasteiger partial charge on any atom is -0.387 e. The SMILES string of the molecule is CC(C)[C@@]1(O)CN(C(=O)CCc2nc(N)n[nH]2)C[C@@H]1C. The normalized spacial score (nSPS) is 26.4. The van der Waals surface area contributed by atoms with E-state index in [0.29, 0.717) is 31.8 Å². The van der Waals surface area contributed by atoms with Gasteiger partial charge in [0.15, 0.2) is 0 Å². The zero-order valence-corrected chi connectivity index (χ0v) is 12.3. The maximum atomic E-state index is 12.2. The molecule has 4 N–H and O–H groups in total. The van der Waals surface area contributed by atoms with Gasteiger partial charge in [-0.15, -0.1) is 5.10 Å². The molecule has 2 atom stereocenters. The molecule has 1 aliphatic rings. The van der Waals surface area contributed by atoms with E-state index in [1.165, 1.54) is 0 Å². The molecule has 0 saturated carbocycles. The summed E-state index contributed by atoms with van der Waals surface area (Å²) >= 11 is 0. The zero-order chi connectivity index (χ0) is 14.9. The molecular weight excluding hydrogens is 258 g/mol. The van der Waals surface area contributed by atoms with Crippen LogP contribution in [0.5, 0.6) is 0 Å². The summed E-state index contributed by atoms with van der Waals surface area (Å²) in [5.41, 5.74) is 4.63. The Hall–Kier alpha value is -1.63. The predicted octanol–water partition coefficient (Wildman–Crippen LogP) is 0.185. The third-order valence-electron chi connectivity index (χ3n) is 4.27. The number of hydrogen-bond donors (Lipinski definition) is 3. The fourth-order valence-electron chi connectivity index (χ4n) is 2.76. The van der Waals surface area contributed by atoms with E-state index in [1.807, 2.05) is 20.8 Å². The molecule has 2 heterocycles. The summed E-state index contributed by atoms with van der Waals surface area (Å²) in [4.78, 5) is 17.9. The lowest BCUT2D eigenvalue weighted by Gasteiger charge is -2.31. The number of rotatable bonds is 4. The van der Waals surface area contributed by atoms with Crippen LogP contribution in [0.2, 0.25) is 0 Å². The molecule has 0 spiro atoms. The van der Waals surface area contributed by atoms with Gasteiger partial charge in [0, 0.05) is 31.8 Å². The van der Waals surface area contributed by atoms with E-state index in [2.05, 4.69) is 15.2 Å². The summed E-state index contributed by atoms with van der Waals surface area (Å²) in [7, 11) is 0. The van der Waals surface area contributed by atoms with Crippen molar-refractivity contribution >= 4 is 11.9 Å². The lowest BCUT2D eigenvalue weighted by molar-refractivity contribution is -0.131. The van der Waals surface area contributed by atoms with Crippen molar-refractivity contribution in [2.45, 2.75) is 39.2 Å². The van der Waals surface area contributed by atoms with E-state index in [0.717, 1.165) is 0 Å². The highest BCUT2D eigenvalue weighted by Gasteiger charge is 2.46. The van der Waals surface area contributed by atoms with E-state index in [9.17, 15) is 9.90 Å². The van der Waals surface area contributed by atoms with Crippen LogP contribution in [-0.4, -0.2) is 49.8 Å². The number of aryl methyl sites for hydroxylation is 1. The molecular formula is C13H23N5O2. The molecule has 1 amide bonds. The van der Waals surface area contributed by atoms with Gasteiger partial charge in [-0.2, -0.15) is 4.98 Å². The van der Waals surface area contributed by atoms with Crippen LogP contribution in [-0.2, 0) is 11.2 Å². The van der Waals surface area contributed by atoms with Crippen LogP contribution >= 0.6 is 0 Å². The number of carbonyl (C=O) groups excluding carboxylic acids is 1. The number of β-amino-alcohol motifs (C(OH)–C–C–N with tert-alkyl or cyclic N) is 1. The smallest absolute Gasteiger partial charge is 0.239 e. The average Bonchev–Trinajstić information content (AvgIpc) is 2.92. The third-order valence-corrected chi connectivity index (χ3v) is 4.27. The molecule has 0 radical (unpaired) electrons. The number of likely N-dealkylation sites (tertiary alicyclic amines) is 1. The van der Waals surface area contributed by atoms with Crippen LogP contribution in [0.1, 0.15) is 33.0 Å². The Bertz CT molecular complexity index is 487. The second kappa shape index (κ2) is 5.40. The summed E-state index contributed by atoms with van der Waals surface area (Å²) in [5.74, 6) is 1.05. The molecule has 1 fully saturated rings. The monoisotopic (exact) mass is 281 g/mol. The lowest BCUT2D eigenvalue weighted by atomic mass is 9.82. The summed E-state index contributed by atoms with van der Waals surface area (Å²) in [6.45, 7) is 6.98. The van der Waals surface area contributed by atoms with E-state index < -0.39 is 5.60 Å². The molecule has 1 aromatic heterocycles. The third kappa shape index (κ3) is 2.77. The standard InChI is InChI=1S/C13H23N5O2/c1-8(2)13(20)7-18(6-9(13)3)11(19)5-4-10-15-12(14)17-16-10/h8-9,20H,4-7H2,1-3H3,(H3,14,15,16,17)/t9-,13-/m0/s1. The van der Waals surface area contributed by atoms with Crippen LogP contribution in [0, 0.1) is 11.8 Å². The van der Waals surface area contributed by atoms with Gasteiger partial charge in [0.05, 0.1) is 5.60 Å². The Kier molecular flexibility index (Phi) is 3.99. The molecule has 7 nitrogen and oxygen atoms in total. The second-order valence-corrected chi connectivity index (χ2v) is 5.96. The van der Waals surface area contributed by atoms with Crippen molar-refractivity contribution in [1.29, 1.82) is 0 Å². The van der Waals surface area contributed by atoms with E-state index in [1.54, 1.807) is 4.90 Å². The van der Waals surface area contributed by atoms with Crippen LogP contribution in [0.15, 0.2) is 0 Å². The molecule has 0 unspecified atom stereocenters. The first-order chi connectivity index (χ1) is 9.33. The van der Waals surface area contributed by atoms with Crippen molar-refractivity contribution in [3.63, 3.8) is 0 Å². The molecule has 2 rings (SSSR count). The van der Waals surface area contributed by atoms with Gasteiger partial charge in [0.1, 0.15) is 5.82 Å². The summed E-state index contributed by atoms with van der Waals surface area (Å²) in [5, 5.41) is 17.0. The molecule has 7 heteroatoms. The Morgan fingerprint density at radius 2 is 2.35 bits per heavy atom. The topological polar surface area (TPSA) is 108 Å². The number of nitrogens with one attached hydrogen (secondary N) is 1. The van der Waals surface area contributed by atoms with Crippen LogP contribution < -0.4 is 5.73 Å². The number of anilines is 1. The number of aliphatic hydroxyl groups is 1. The van der Waals surface area contributed by atoms with E-state index >= 15 is 0 Å². The van der Waals surface area contributed by atoms with Crippen LogP contribution in [0.3, 0.4) is 0 Å². The minimum absolute atomic E-state index is 0.0309. The number of amides is 1. The molecule has 1 aromatic rings. The molecule has 1 saturated heterocycles. The summed E-state index contributed by atoms with van der Waals surface area (Å²) in [6, 6.07) is 0. The van der Waals surface area contributed by atoms with Crippen molar-refractivity contribution in [2.75, 3.05) is 18.8 Å². The van der Waals surface area contributed by atoms with Crippen LogP contribution in [0.4, 0.5) is 5.95 Å². The van der Waals surface area contributed by atoms with Crippen molar-refractivity contribution in [2.24, 2.45) is 11.8 Å². The Morgan fingerprint density at radius 3 is 2.85 bits per heavy atom. The van der Waals surface area contributed by atoms with Gasteiger partial charge >= 0.3 is 0 Å². The molecule has 20 heavy (non-hydrogen) atoms. The van der Waals surface area contributed by atoms with Gasteiger partial charge in [-0.3, -0.25) is 9.89 Å². The van der Waals surface area contributed by atoms with E-state index in [4.69, 9.17) is 5.73 Å². The molecule has 112 valence electrons. The number of nitrogens with two attached hydrogens (primary N) is 1. The zero-order valence-electron chi connectivity index (χ0n) is 12.3. The maximum Gasteiger partial charge on any atom is 0.239 e. The van der Waals surface area contributed by atoms with Gasteiger partial charge in [-0.25, -0.2) is 0 Å². The fraction of sp³-hybridized carbons (Fsp3) is 0.769. The van der Waals surface area contributed by atoms with Gasteiger partial charge < -0.3 is 15.7 Å². The summed E-state index contributed by atoms with van der Waals surface area (Å²) < 4.78 is 0. The Morgan fingerprint density at radius 1 is 1.65 bits per heavy atom.